The van der Waals surface area contributed by atoms with Crippen LogP contribution in [0.1, 0.15) is 33.4 Å². The molecule has 35 heavy (non-hydrogen) atoms. The Labute approximate surface area is 210 Å². The summed E-state index contributed by atoms with van der Waals surface area (Å²) in [5, 5.41) is 3.86. The van der Waals surface area contributed by atoms with E-state index in [1.54, 1.807) is 0 Å². The van der Waals surface area contributed by atoms with Gasteiger partial charge in [-0.2, -0.15) is 4.98 Å². The van der Waals surface area contributed by atoms with Gasteiger partial charge in [0, 0.05) is 17.7 Å². The van der Waals surface area contributed by atoms with E-state index in [1.807, 2.05) is 56.3 Å². The fraction of sp³-hybridized carbons (Fsp3) is 0.207. The number of thioether (sulfide) groups is 1. The quantitative estimate of drug-likeness (QED) is 0.221. The average molecular weight is 482 g/mol. The lowest BCUT2D eigenvalue weighted by molar-refractivity contribution is -0.113. The minimum Gasteiger partial charge on any atom is -0.438 e. The van der Waals surface area contributed by atoms with E-state index < -0.39 is 0 Å². The molecule has 1 aliphatic rings. The average Bonchev–Trinajstić information content (AvgIpc) is 2.84. The Morgan fingerprint density at radius 3 is 2.40 bits per heavy atom. The lowest BCUT2D eigenvalue weighted by atomic mass is 10.0. The van der Waals surface area contributed by atoms with E-state index in [0.29, 0.717) is 18.1 Å². The Kier molecular flexibility index (Phi) is 6.31. The van der Waals surface area contributed by atoms with Crippen molar-refractivity contribution in [2.24, 2.45) is 0 Å². The van der Waals surface area contributed by atoms with Crippen LogP contribution in [0.25, 0.3) is 11.4 Å². The number of hydrogen-bond donors (Lipinski definition) is 1. The molecule has 0 fully saturated rings. The Morgan fingerprint density at radius 2 is 1.66 bits per heavy atom. The van der Waals surface area contributed by atoms with Crippen LogP contribution in [0.3, 0.4) is 0 Å². The van der Waals surface area contributed by atoms with Gasteiger partial charge in [-0.1, -0.05) is 77.5 Å². The number of rotatable bonds is 5. The van der Waals surface area contributed by atoms with Crippen LogP contribution in [-0.2, 0) is 11.2 Å². The van der Waals surface area contributed by atoms with E-state index in [0.717, 1.165) is 44.3 Å². The molecule has 0 radical (unpaired) electrons. The predicted molar refractivity (Wildman–Crippen MR) is 142 cm³/mol. The molecule has 1 N–H and O–H groups in total. The predicted octanol–water partition coefficient (Wildman–Crippen LogP) is 6.80. The summed E-state index contributed by atoms with van der Waals surface area (Å²) in [6, 6.07) is 20.2. The van der Waals surface area contributed by atoms with Crippen molar-refractivity contribution in [2.75, 3.05) is 11.1 Å². The number of benzene rings is 3. The van der Waals surface area contributed by atoms with Gasteiger partial charge in [-0.3, -0.25) is 4.79 Å². The third kappa shape index (κ3) is 4.93. The molecule has 0 unspecified atom stereocenters. The number of fused-ring (bicyclic) bond motifs is 2. The number of nitrogens with zero attached hydrogens (tertiary/aromatic N) is 2. The van der Waals surface area contributed by atoms with Gasteiger partial charge in [0.05, 0.1) is 11.3 Å². The molecule has 6 heteroatoms. The zero-order valence-electron chi connectivity index (χ0n) is 20.3. The molecule has 0 saturated carbocycles. The summed E-state index contributed by atoms with van der Waals surface area (Å²) < 4.78 is 6.18. The number of nitrogens with one attached hydrogen (secondary N) is 1. The van der Waals surface area contributed by atoms with E-state index in [4.69, 9.17) is 14.7 Å². The van der Waals surface area contributed by atoms with Gasteiger partial charge >= 0.3 is 0 Å². The van der Waals surface area contributed by atoms with Gasteiger partial charge in [0.2, 0.25) is 11.8 Å². The van der Waals surface area contributed by atoms with E-state index in [-0.39, 0.29) is 11.7 Å². The molecule has 0 aliphatic carbocycles. The maximum Gasteiger partial charge on any atom is 0.234 e. The number of aryl methyl sites for hydroxylation is 4. The highest BCUT2D eigenvalue weighted by atomic mass is 32.2. The first-order valence-corrected chi connectivity index (χ1v) is 12.6. The first-order chi connectivity index (χ1) is 16.9. The molecule has 0 bridgehead atoms. The minimum absolute atomic E-state index is 0.0635. The zero-order valence-corrected chi connectivity index (χ0v) is 21.1. The summed E-state index contributed by atoms with van der Waals surface area (Å²) in [5.41, 5.74) is 8.28. The van der Waals surface area contributed by atoms with E-state index in [2.05, 4.69) is 37.4 Å². The highest BCUT2D eigenvalue weighted by Crippen LogP contribution is 2.40. The highest BCUT2D eigenvalue weighted by Gasteiger charge is 2.24. The molecule has 0 spiro atoms. The topological polar surface area (TPSA) is 64.1 Å². The number of aromatic nitrogens is 2. The molecular weight excluding hydrogens is 454 g/mol. The minimum atomic E-state index is -0.0635. The fourth-order valence-electron chi connectivity index (χ4n) is 4.36. The summed E-state index contributed by atoms with van der Waals surface area (Å²) in [4.78, 5) is 22.6. The number of carbonyl (C=O) groups is 1. The van der Waals surface area contributed by atoms with Crippen molar-refractivity contribution < 1.29 is 9.53 Å². The number of amides is 1. The van der Waals surface area contributed by atoms with Crippen molar-refractivity contribution in [1.82, 2.24) is 9.97 Å². The number of anilines is 1. The van der Waals surface area contributed by atoms with Gasteiger partial charge in [0.1, 0.15) is 10.8 Å². The van der Waals surface area contributed by atoms with Crippen LogP contribution in [0.2, 0.25) is 0 Å². The number of ether oxygens (including phenoxy) is 1. The highest BCUT2D eigenvalue weighted by molar-refractivity contribution is 8.00. The largest absolute Gasteiger partial charge is 0.438 e. The second-order valence-corrected chi connectivity index (χ2v) is 9.96. The number of carbonyl (C=O) groups excluding carboxylic acids is 1. The SMILES string of the molecule is Cc1ccc(-c2nc3c(c(SCC(=O)Nc4c(C)cc(C)cc4C)n2)Cc2ccccc2O3)cc1. The fourth-order valence-corrected chi connectivity index (χ4v) is 5.19. The molecule has 4 aromatic rings. The van der Waals surface area contributed by atoms with E-state index in [9.17, 15) is 4.79 Å². The van der Waals surface area contributed by atoms with Crippen LogP contribution in [0.15, 0.2) is 65.7 Å². The summed E-state index contributed by atoms with van der Waals surface area (Å²) >= 11 is 1.42. The lowest BCUT2D eigenvalue weighted by Crippen LogP contribution is -2.17. The Bertz CT molecular complexity index is 1410. The molecule has 2 heterocycles. The first-order valence-electron chi connectivity index (χ1n) is 11.6. The van der Waals surface area contributed by atoms with Crippen molar-refractivity contribution in [1.29, 1.82) is 0 Å². The summed E-state index contributed by atoms with van der Waals surface area (Å²) in [5.74, 6) is 2.14. The number of para-hydroxylation sites is 1. The Balaban J connectivity index is 1.44. The molecular formula is C29H27N3O2S. The van der Waals surface area contributed by atoms with Crippen LogP contribution in [0.4, 0.5) is 5.69 Å². The molecule has 0 atom stereocenters. The second-order valence-electron chi connectivity index (χ2n) is 9.00. The molecule has 0 saturated heterocycles. The van der Waals surface area contributed by atoms with Crippen LogP contribution < -0.4 is 10.1 Å². The molecule has 5 nitrogen and oxygen atoms in total. The maximum absolute atomic E-state index is 12.9. The van der Waals surface area contributed by atoms with Gasteiger partial charge in [-0.25, -0.2) is 4.98 Å². The first kappa shape index (κ1) is 23.1. The van der Waals surface area contributed by atoms with Crippen molar-refractivity contribution >= 4 is 23.4 Å². The van der Waals surface area contributed by atoms with Crippen LogP contribution in [-0.4, -0.2) is 21.6 Å². The summed E-state index contributed by atoms with van der Waals surface area (Å²) in [7, 11) is 0. The Morgan fingerprint density at radius 1 is 0.943 bits per heavy atom. The lowest BCUT2D eigenvalue weighted by Gasteiger charge is -2.21. The summed E-state index contributed by atoms with van der Waals surface area (Å²) in [6.45, 7) is 8.15. The molecule has 176 valence electrons. The van der Waals surface area contributed by atoms with Crippen molar-refractivity contribution in [3.8, 4) is 23.0 Å². The molecule has 1 aromatic heterocycles. The third-order valence-corrected chi connectivity index (χ3v) is 7.09. The van der Waals surface area contributed by atoms with Crippen LogP contribution >= 0.6 is 11.8 Å². The smallest absolute Gasteiger partial charge is 0.234 e. The zero-order chi connectivity index (χ0) is 24.5. The van der Waals surface area contributed by atoms with Gasteiger partial charge in [0.25, 0.3) is 0 Å². The standard InChI is InChI=1S/C29H27N3O2S/c1-17-9-11-21(12-10-17)27-31-28-23(15-22-7-5-6-8-24(22)34-28)29(32-27)35-16-25(33)30-26-19(3)13-18(2)14-20(26)4/h5-14H,15-16H2,1-4H3,(H,30,33). The van der Waals surface area contributed by atoms with Gasteiger partial charge in [-0.05, 0) is 50.5 Å². The monoisotopic (exact) mass is 481 g/mol. The van der Waals surface area contributed by atoms with Crippen molar-refractivity contribution in [3.63, 3.8) is 0 Å². The molecule has 5 rings (SSSR count). The molecule has 1 amide bonds. The van der Waals surface area contributed by atoms with Gasteiger partial charge < -0.3 is 10.1 Å². The maximum atomic E-state index is 12.9. The third-order valence-electron chi connectivity index (χ3n) is 6.07. The summed E-state index contributed by atoms with van der Waals surface area (Å²) in [6.07, 6.45) is 0.666. The van der Waals surface area contributed by atoms with Crippen molar-refractivity contribution in [2.45, 2.75) is 39.1 Å². The van der Waals surface area contributed by atoms with Crippen molar-refractivity contribution in [3.05, 3.63) is 94.0 Å². The van der Waals surface area contributed by atoms with E-state index in [1.165, 1.54) is 22.9 Å². The van der Waals surface area contributed by atoms with Gasteiger partial charge in [-0.15, -0.1) is 0 Å². The van der Waals surface area contributed by atoms with E-state index >= 15 is 0 Å². The normalized spacial score (nSPS) is 11.9. The molecule has 3 aromatic carbocycles. The second kappa shape index (κ2) is 9.55. The van der Waals surface area contributed by atoms with Crippen LogP contribution in [0, 0.1) is 27.7 Å². The van der Waals surface area contributed by atoms with Gasteiger partial charge in [0.15, 0.2) is 5.82 Å². The number of hydrogen-bond acceptors (Lipinski definition) is 5. The molecule has 1 aliphatic heterocycles. The van der Waals surface area contributed by atoms with Crippen LogP contribution in [0.5, 0.6) is 11.6 Å². The Hall–Kier alpha value is -3.64.